The summed E-state index contributed by atoms with van der Waals surface area (Å²) in [7, 11) is 0. The van der Waals surface area contributed by atoms with E-state index in [9.17, 15) is 4.79 Å². The fourth-order valence-corrected chi connectivity index (χ4v) is 2.75. The molecule has 2 heterocycles. The summed E-state index contributed by atoms with van der Waals surface area (Å²) in [6, 6.07) is 0.535. The first-order valence-electron chi connectivity index (χ1n) is 5.66. The van der Waals surface area contributed by atoms with Crippen molar-refractivity contribution in [3.63, 3.8) is 0 Å². The van der Waals surface area contributed by atoms with Crippen molar-refractivity contribution < 1.29 is 4.79 Å². The van der Waals surface area contributed by atoms with Crippen LogP contribution in [0.4, 0.5) is 0 Å². The van der Waals surface area contributed by atoms with Gasteiger partial charge in [-0.25, -0.2) is 0 Å². The molecule has 0 bridgehead atoms. The number of hydrogen-bond donors (Lipinski definition) is 1. The lowest BCUT2D eigenvalue weighted by molar-refractivity contribution is 0.111. The smallest absolute Gasteiger partial charge is 0.170 e. The molecule has 3 rings (SSSR count). The summed E-state index contributed by atoms with van der Waals surface area (Å²) in [5, 5.41) is 7.73. The fourth-order valence-electron chi connectivity index (χ4n) is 2.75. The molecule has 1 N–H and O–H groups in total. The Balaban J connectivity index is 2.03. The van der Waals surface area contributed by atoms with Gasteiger partial charge in [-0.2, -0.15) is 5.10 Å². The second-order valence-corrected chi connectivity index (χ2v) is 4.41. The van der Waals surface area contributed by atoms with Gasteiger partial charge in [0, 0.05) is 18.7 Å². The van der Waals surface area contributed by atoms with Gasteiger partial charge in [0.1, 0.15) is 5.69 Å². The number of fused-ring (bicyclic) bond motifs is 1. The van der Waals surface area contributed by atoms with Crippen LogP contribution in [0.15, 0.2) is 0 Å². The highest BCUT2D eigenvalue weighted by Gasteiger charge is 2.27. The molecular weight excluding hydrogens is 190 g/mol. The van der Waals surface area contributed by atoms with Gasteiger partial charge in [0.25, 0.3) is 0 Å². The van der Waals surface area contributed by atoms with Crippen LogP contribution in [0.5, 0.6) is 0 Å². The van der Waals surface area contributed by atoms with E-state index in [4.69, 9.17) is 0 Å². The van der Waals surface area contributed by atoms with E-state index in [1.54, 1.807) is 0 Å². The van der Waals surface area contributed by atoms with Gasteiger partial charge < -0.3 is 5.32 Å². The van der Waals surface area contributed by atoms with Gasteiger partial charge in [-0.1, -0.05) is 12.8 Å². The first-order chi connectivity index (χ1) is 7.40. The van der Waals surface area contributed by atoms with Crippen LogP contribution in [0.25, 0.3) is 0 Å². The number of carbonyl (C=O) groups is 1. The van der Waals surface area contributed by atoms with Crippen molar-refractivity contribution in [2.45, 2.75) is 44.8 Å². The lowest BCUT2D eigenvalue weighted by Gasteiger charge is -2.12. The van der Waals surface area contributed by atoms with Crippen LogP contribution >= 0.6 is 0 Å². The summed E-state index contributed by atoms with van der Waals surface area (Å²) in [5.41, 5.74) is 3.00. The molecule has 1 saturated carbocycles. The highest BCUT2D eigenvalue weighted by atomic mass is 16.1. The first-order valence-corrected chi connectivity index (χ1v) is 5.66. The predicted molar refractivity (Wildman–Crippen MR) is 55.7 cm³/mol. The molecule has 0 spiro atoms. The minimum atomic E-state index is 0.535. The Bertz CT molecular complexity index is 391. The van der Waals surface area contributed by atoms with E-state index in [-0.39, 0.29) is 0 Å². The maximum Gasteiger partial charge on any atom is 0.170 e. The van der Waals surface area contributed by atoms with E-state index in [1.165, 1.54) is 31.4 Å². The molecule has 0 amide bonds. The average molecular weight is 205 g/mol. The Labute approximate surface area is 88.7 Å². The minimum absolute atomic E-state index is 0.535. The van der Waals surface area contributed by atoms with Crippen molar-refractivity contribution >= 4 is 6.29 Å². The zero-order valence-electron chi connectivity index (χ0n) is 8.70. The fraction of sp³-hybridized carbons (Fsp3) is 0.636. The topological polar surface area (TPSA) is 46.9 Å². The van der Waals surface area contributed by atoms with Crippen LogP contribution < -0.4 is 5.32 Å². The van der Waals surface area contributed by atoms with Crippen molar-refractivity contribution in [3.8, 4) is 0 Å². The molecule has 1 aromatic heterocycles. The molecule has 4 nitrogen and oxygen atoms in total. The zero-order chi connectivity index (χ0) is 10.3. The number of aromatic nitrogens is 2. The van der Waals surface area contributed by atoms with Crippen molar-refractivity contribution in [2.75, 3.05) is 0 Å². The molecule has 0 unspecified atom stereocenters. The third-order valence-corrected chi connectivity index (χ3v) is 3.53. The first kappa shape index (κ1) is 9.09. The molecule has 1 fully saturated rings. The van der Waals surface area contributed by atoms with Gasteiger partial charge in [0.05, 0.1) is 11.7 Å². The largest absolute Gasteiger partial charge is 0.307 e. The molecule has 0 atom stereocenters. The van der Waals surface area contributed by atoms with Crippen LogP contribution in [0.2, 0.25) is 0 Å². The third kappa shape index (κ3) is 1.32. The number of nitrogens with zero attached hydrogens (tertiary/aromatic N) is 2. The summed E-state index contributed by atoms with van der Waals surface area (Å²) in [6.45, 7) is 1.67. The Hall–Kier alpha value is -1.16. The summed E-state index contributed by atoms with van der Waals surface area (Å²) < 4.78 is 2.10. The number of hydrogen-bond acceptors (Lipinski definition) is 3. The Morgan fingerprint density at radius 2 is 2.13 bits per heavy atom. The highest BCUT2D eigenvalue weighted by molar-refractivity contribution is 5.75. The highest BCUT2D eigenvalue weighted by Crippen LogP contribution is 2.32. The molecule has 0 saturated heterocycles. The van der Waals surface area contributed by atoms with Crippen molar-refractivity contribution in [3.05, 3.63) is 17.0 Å². The summed E-state index contributed by atoms with van der Waals surface area (Å²) in [6.07, 6.45) is 5.91. The van der Waals surface area contributed by atoms with Crippen LogP contribution in [0.3, 0.4) is 0 Å². The van der Waals surface area contributed by atoms with E-state index < -0.39 is 0 Å². The molecule has 1 aliphatic heterocycles. The second kappa shape index (κ2) is 3.45. The molecule has 2 aliphatic rings. The Morgan fingerprint density at radius 3 is 2.87 bits per heavy atom. The maximum absolute atomic E-state index is 10.9. The van der Waals surface area contributed by atoms with Crippen molar-refractivity contribution in [1.82, 2.24) is 15.1 Å². The molecule has 1 aliphatic carbocycles. The van der Waals surface area contributed by atoms with Crippen molar-refractivity contribution in [2.24, 2.45) is 0 Å². The van der Waals surface area contributed by atoms with Crippen LogP contribution in [-0.4, -0.2) is 16.1 Å². The zero-order valence-corrected chi connectivity index (χ0v) is 8.70. The summed E-state index contributed by atoms with van der Waals surface area (Å²) in [5.74, 6) is 0. The number of carbonyl (C=O) groups excluding carboxylic acids is 1. The molecule has 80 valence electrons. The monoisotopic (exact) mass is 205 g/mol. The van der Waals surface area contributed by atoms with Gasteiger partial charge >= 0.3 is 0 Å². The van der Waals surface area contributed by atoms with Crippen molar-refractivity contribution in [1.29, 1.82) is 0 Å². The Kier molecular flexibility index (Phi) is 2.09. The van der Waals surface area contributed by atoms with E-state index >= 15 is 0 Å². The number of nitrogens with one attached hydrogen (secondary N) is 1. The van der Waals surface area contributed by atoms with Crippen LogP contribution in [0, 0.1) is 0 Å². The molecule has 1 aromatic rings. The van der Waals surface area contributed by atoms with Gasteiger partial charge in [0.2, 0.25) is 0 Å². The predicted octanol–water partition coefficient (Wildman–Crippen LogP) is 1.41. The molecule has 15 heavy (non-hydrogen) atoms. The summed E-state index contributed by atoms with van der Waals surface area (Å²) >= 11 is 0. The lowest BCUT2D eigenvalue weighted by atomic mass is 10.2. The van der Waals surface area contributed by atoms with E-state index in [0.717, 1.165) is 24.9 Å². The SMILES string of the molecule is O=Cc1nn(C2CCCC2)c2c1CNC2. The van der Waals surface area contributed by atoms with E-state index in [1.807, 2.05) is 0 Å². The van der Waals surface area contributed by atoms with E-state index in [0.29, 0.717) is 11.7 Å². The number of rotatable bonds is 2. The quantitative estimate of drug-likeness (QED) is 0.743. The number of aldehydes is 1. The van der Waals surface area contributed by atoms with Gasteiger partial charge in [-0.3, -0.25) is 9.48 Å². The summed E-state index contributed by atoms with van der Waals surface area (Å²) in [4.78, 5) is 10.9. The second-order valence-electron chi connectivity index (χ2n) is 4.41. The van der Waals surface area contributed by atoms with Crippen LogP contribution in [0.1, 0.15) is 53.5 Å². The molecule has 0 radical (unpaired) electrons. The normalized spacial score (nSPS) is 20.8. The standard InChI is InChI=1S/C11H15N3O/c15-7-10-9-5-12-6-11(9)14(13-10)8-3-1-2-4-8/h7-8,12H,1-6H2. The maximum atomic E-state index is 10.9. The molecule has 0 aromatic carbocycles. The molecular formula is C11H15N3O. The van der Waals surface area contributed by atoms with Crippen LogP contribution in [-0.2, 0) is 13.1 Å². The van der Waals surface area contributed by atoms with Gasteiger partial charge in [-0.15, -0.1) is 0 Å². The van der Waals surface area contributed by atoms with E-state index in [2.05, 4.69) is 15.1 Å². The average Bonchev–Trinajstić information content (AvgIpc) is 2.94. The lowest BCUT2D eigenvalue weighted by Crippen LogP contribution is -2.13. The van der Waals surface area contributed by atoms with Gasteiger partial charge in [0.15, 0.2) is 6.29 Å². The third-order valence-electron chi connectivity index (χ3n) is 3.53. The van der Waals surface area contributed by atoms with Gasteiger partial charge in [-0.05, 0) is 12.8 Å². The minimum Gasteiger partial charge on any atom is -0.307 e. The molecule has 4 heteroatoms. The Morgan fingerprint density at radius 1 is 1.33 bits per heavy atom.